The number of hydrogen-bond donors (Lipinski definition) is 0. The van der Waals surface area contributed by atoms with Gasteiger partial charge in [-0.2, -0.15) is 0 Å². The Hall–Kier alpha value is -3.60. The molecule has 4 rings (SSSR count). The molecular formula is C23H18O5. The van der Waals surface area contributed by atoms with Gasteiger partial charge in [0.2, 0.25) is 0 Å². The van der Waals surface area contributed by atoms with Crippen molar-refractivity contribution in [3.63, 3.8) is 0 Å². The van der Waals surface area contributed by atoms with Gasteiger partial charge in [-0.05, 0) is 34.5 Å². The number of hydrogen-bond acceptors (Lipinski definition) is 5. The van der Waals surface area contributed by atoms with Crippen molar-refractivity contribution in [1.29, 1.82) is 0 Å². The van der Waals surface area contributed by atoms with Crippen molar-refractivity contribution in [2.24, 2.45) is 0 Å². The maximum Gasteiger partial charge on any atom is 0.315 e. The maximum atomic E-state index is 12.4. The number of ether oxygens (including phenoxy) is 2. The molecule has 0 aliphatic rings. The van der Waals surface area contributed by atoms with Gasteiger partial charge >= 0.3 is 11.9 Å². The van der Waals surface area contributed by atoms with Crippen molar-refractivity contribution in [2.75, 3.05) is 7.11 Å². The summed E-state index contributed by atoms with van der Waals surface area (Å²) < 4.78 is 15.7. The summed E-state index contributed by atoms with van der Waals surface area (Å²) in [6, 6.07) is 18.7. The lowest BCUT2D eigenvalue weighted by Crippen LogP contribution is -2.11. The summed E-state index contributed by atoms with van der Waals surface area (Å²) in [7, 11) is 1.35. The normalized spacial score (nSPS) is 10.9. The third-order valence-electron chi connectivity index (χ3n) is 4.61. The summed E-state index contributed by atoms with van der Waals surface area (Å²) in [6.45, 7) is 0. The van der Waals surface area contributed by atoms with Crippen LogP contribution in [0, 0.1) is 0 Å². The van der Waals surface area contributed by atoms with Crippen molar-refractivity contribution >= 4 is 33.7 Å². The number of fused-ring (bicyclic) bond motifs is 3. The highest BCUT2D eigenvalue weighted by atomic mass is 16.5. The maximum absolute atomic E-state index is 12.4. The number of benzene rings is 3. The standard InChI is InChI=1S/C23H18O5/c1-26-21(24)12-15-6-9-18(10-7-15)28-22(25)13-17-14-27-20-11-8-16-4-2-3-5-19(16)23(17)20/h2-11,14H,12-13H2,1H3. The first-order chi connectivity index (χ1) is 13.6. The monoisotopic (exact) mass is 374 g/mol. The third kappa shape index (κ3) is 3.60. The molecule has 4 aromatic rings. The second-order valence-corrected chi connectivity index (χ2v) is 6.47. The largest absolute Gasteiger partial charge is 0.469 e. The van der Waals surface area contributed by atoms with E-state index in [1.807, 2.05) is 36.4 Å². The van der Waals surface area contributed by atoms with Crippen LogP contribution in [0.15, 0.2) is 71.3 Å². The number of furan rings is 1. The van der Waals surface area contributed by atoms with E-state index in [0.29, 0.717) is 5.75 Å². The highest BCUT2D eigenvalue weighted by Crippen LogP contribution is 2.30. The van der Waals surface area contributed by atoms with E-state index < -0.39 is 0 Å². The Morgan fingerprint density at radius 1 is 0.893 bits per heavy atom. The summed E-state index contributed by atoms with van der Waals surface area (Å²) in [5, 5.41) is 3.07. The van der Waals surface area contributed by atoms with Gasteiger partial charge in [-0.1, -0.05) is 42.5 Å². The Morgan fingerprint density at radius 3 is 2.46 bits per heavy atom. The Labute approximate surface area is 161 Å². The quantitative estimate of drug-likeness (QED) is 0.381. The Kier molecular flexibility index (Phi) is 4.81. The molecule has 0 unspecified atom stereocenters. The van der Waals surface area contributed by atoms with Gasteiger partial charge in [0.05, 0.1) is 26.2 Å². The van der Waals surface area contributed by atoms with E-state index in [2.05, 4.69) is 4.74 Å². The molecular weight excluding hydrogens is 356 g/mol. The molecule has 0 saturated carbocycles. The Bertz CT molecular complexity index is 1150. The van der Waals surface area contributed by atoms with Gasteiger partial charge in [0.25, 0.3) is 0 Å². The van der Waals surface area contributed by atoms with E-state index in [-0.39, 0.29) is 24.8 Å². The number of methoxy groups -OCH3 is 1. The first-order valence-electron chi connectivity index (χ1n) is 8.88. The van der Waals surface area contributed by atoms with Gasteiger partial charge in [-0.15, -0.1) is 0 Å². The first-order valence-corrected chi connectivity index (χ1v) is 8.88. The van der Waals surface area contributed by atoms with Crippen molar-refractivity contribution in [3.05, 3.63) is 78.1 Å². The molecule has 140 valence electrons. The Morgan fingerprint density at radius 2 is 1.68 bits per heavy atom. The lowest BCUT2D eigenvalue weighted by atomic mass is 10.0. The minimum absolute atomic E-state index is 0.102. The number of carbonyl (C=O) groups excluding carboxylic acids is 2. The molecule has 0 fully saturated rings. The van der Waals surface area contributed by atoms with Crippen LogP contribution in [0.3, 0.4) is 0 Å². The number of esters is 2. The molecule has 0 N–H and O–H groups in total. The fraction of sp³-hybridized carbons (Fsp3) is 0.130. The first kappa shape index (κ1) is 17.8. The molecule has 1 heterocycles. The minimum atomic E-state index is -0.378. The molecule has 0 saturated heterocycles. The van der Waals surface area contributed by atoms with Crippen LogP contribution >= 0.6 is 0 Å². The lowest BCUT2D eigenvalue weighted by Gasteiger charge is -2.06. The third-order valence-corrected chi connectivity index (χ3v) is 4.61. The van der Waals surface area contributed by atoms with Crippen LogP contribution in [0.25, 0.3) is 21.7 Å². The fourth-order valence-electron chi connectivity index (χ4n) is 3.24. The summed E-state index contributed by atoms with van der Waals surface area (Å²) in [6.07, 6.45) is 1.89. The highest BCUT2D eigenvalue weighted by molar-refractivity contribution is 6.08. The zero-order chi connectivity index (χ0) is 19.5. The van der Waals surface area contributed by atoms with E-state index in [0.717, 1.165) is 32.9 Å². The van der Waals surface area contributed by atoms with E-state index in [9.17, 15) is 9.59 Å². The van der Waals surface area contributed by atoms with Crippen molar-refractivity contribution in [1.82, 2.24) is 0 Å². The van der Waals surface area contributed by atoms with Crippen LogP contribution in [0.4, 0.5) is 0 Å². The summed E-state index contributed by atoms with van der Waals surface area (Å²) >= 11 is 0. The summed E-state index contributed by atoms with van der Waals surface area (Å²) in [4.78, 5) is 23.7. The molecule has 1 aromatic heterocycles. The predicted molar refractivity (Wildman–Crippen MR) is 105 cm³/mol. The van der Waals surface area contributed by atoms with E-state index >= 15 is 0 Å². The van der Waals surface area contributed by atoms with Crippen LogP contribution in [0.2, 0.25) is 0 Å². The second kappa shape index (κ2) is 7.56. The minimum Gasteiger partial charge on any atom is -0.469 e. The smallest absolute Gasteiger partial charge is 0.315 e. The van der Waals surface area contributed by atoms with Gasteiger partial charge in [0.1, 0.15) is 11.3 Å². The van der Waals surface area contributed by atoms with Crippen LogP contribution in [0.5, 0.6) is 5.75 Å². The van der Waals surface area contributed by atoms with Crippen molar-refractivity contribution < 1.29 is 23.5 Å². The fourth-order valence-corrected chi connectivity index (χ4v) is 3.24. The van der Waals surface area contributed by atoms with Gasteiger partial charge in [0.15, 0.2) is 0 Å². The zero-order valence-corrected chi connectivity index (χ0v) is 15.3. The number of carbonyl (C=O) groups is 2. The predicted octanol–water partition coefficient (Wildman–Crippen LogP) is 4.45. The molecule has 0 radical (unpaired) electrons. The SMILES string of the molecule is COC(=O)Cc1ccc(OC(=O)Cc2coc3ccc4ccccc4c23)cc1. The molecule has 0 aliphatic carbocycles. The highest BCUT2D eigenvalue weighted by Gasteiger charge is 2.15. The molecule has 28 heavy (non-hydrogen) atoms. The van der Waals surface area contributed by atoms with Crippen LogP contribution in [0.1, 0.15) is 11.1 Å². The van der Waals surface area contributed by atoms with Crippen molar-refractivity contribution in [3.8, 4) is 5.75 Å². The molecule has 5 heteroatoms. The molecule has 0 spiro atoms. The topological polar surface area (TPSA) is 65.7 Å². The zero-order valence-electron chi connectivity index (χ0n) is 15.3. The van der Waals surface area contributed by atoms with E-state index in [4.69, 9.17) is 9.15 Å². The van der Waals surface area contributed by atoms with Gasteiger partial charge in [0, 0.05) is 10.9 Å². The summed E-state index contributed by atoms with van der Waals surface area (Å²) in [5.41, 5.74) is 2.33. The van der Waals surface area contributed by atoms with Crippen LogP contribution < -0.4 is 4.74 Å². The second-order valence-electron chi connectivity index (χ2n) is 6.47. The molecule has 3 aromatic carbocycles. The average Bonchev–Trinajstić information content (AvgIpc) is 3.12. The molecule has 5 nitrogen and oxygen atoms in total. The van der Waals surface area contributed by atoms with Gasteiger partial charge < -0.3 is 13.9 Å². The molecule has 0 aliphatic heterocycles. The van der Waals surface area contributed by atoms with Gasteiger partial charge in [-0.3, -0.25) is 9.59 Å². The number of rotatable bonds is 5. The van der Waals surface area contributed by atoms with Crippen molar-refractivity contribution in [2.45, 2.75) is 12.8 Å². The lowest BCUT2D eigenvalue weighted by molar-refractivity contribution is -0.139. The summed E-state index contributed by atoms with van der Waals surface area (Å²) in [5.74, 6) is -0.267. The Balaban J connectivity index is 1.51. The van der Waals surface area contributed by atoms with Gasteiger partial charge in [-0.25, -0.2) is 0 Å². The van der Waals surface area contributed by atoms with Crippen LogP contribution in [-0.4, -0.2) is 19.0 Å². The average molecular weight is 374 g/mol. The van der Waals surface area contributed by atoms with Crippen LogP contribution in [-0.2, 0) is 27.2 Å². The van der Waals surface area contributed by atoms with E-state index in [1.165, 1.54) is 7.11 Å². The van der Waals surface area contributed by atoms with E-state index in [1.54, 1.807) is 30.5 Å². The molecule has 0 amide bonds. The molecule has 0 bridgehead atoms. The molecule has 0 atom stereocenters.